The highest BCUT2D eigenvalue weighted by Crippen LogP contribution is 2.36. The van der Waals surface area contributed by atoms with Crippen LogP contribution in [0.25, 0.3) is 0 Å². The standard InChI is InChI=1S/C13H19N3O4/c1-4-13(11(17)18)5-6-16(8-13)12-14-9(19-2)7-10(15-12)20-3/h7H,4-6,8H2,1-3H3,(H,17,18). The predicted molar refractivity (Wildman–Crippen MR) is 72.3 cm³/mol. The molecule has 0 amide bonds. The molecule has 1 aliphatic heterocycles. The highest BCUT2D eigenvalue weighted by molar-refractivity contribution is 5.76. The Morgan fingerprint density at radius 1 is 1.40 bits per heavy atom. The number of aromatic nitrogens is 2. The number of carbonyl (C=O) groups is 1. The number of carboxylic acid groups (broad SMARTS) is 1. The zero-order valence-electron chi connectivity index (χ0n) is 11.9. The van der Waals surface area contributed by atoms with E-state index in [1.807, 2.05) is 11.8 Å². The highest BCUT2D eigenvalue weighted by atomic mass is 16.5. The molecule has 1 N–H and O–H groups in total. The van der Waals surface area contributed by atoms with Crippen molar-refractivity contribution in [2.24, 2.45) is 5.41 Å². The van der Waals surface area contributed by atoms with Gasteiger partial charge in [-0.25, -0.2) is 0 Å². The number of methoxy groups -OCH3 is 2. The van der Waals surface area contributed by atoms with Crippen molar-refractivity contribution in [3.63, 3.8) is 0 Å². The summed E-state index contributed by atoms with van der Waals surface area (Å²) in [4.78, 5) is 21.8. The van der Waals surface area contributed by atoms with Gasteiger partial charge in [0, 0.05) is 13.1 Å². The molecule has 0 aliphatic carbocycles. The van der Waals surface area contributed by atoms with Gasteiger partial charge >= 0.3 is 5.97 Å². The Morgan fingerprint density at radius 3 is 2.40 bits per heavy atom. The normalized spacial score (nSPS) is 21.9. The molecule has 1 fully saturated rings. The molecule has 1 unspecified atom stereocenters. The Balaban J connectivity index is 2.27. The molecule has 0 spiro atoms. The number of hydrogen-bond donors (Lipinski definition) is 1. The zero-order valence-corrected chi connectivity index (χ0v) is 11.9. The van der Waals surface area contributed by atoms with Crippen LogP contribution in [-0.4, -0.2) is 48.4 Å². The lowest BCUT2D eigenvalue weighted by Crippen LogP contribution is -2.34. The van der Waals surface area contributed by atoms with E-state index in [2.05, 4.69) is 9.97 Å². The first kappa shape index (κ1) is 14.4. The van der Waals surface area contributed by atoms with Crippen LogP contribution in [0.4, 0.5) is 5.95 Å². The van der Waals surface area contributed by atoms with Crippen LogP contribution in [0.1, 0.15) is 19.8 Å². The third-order valence-electron chi connectivity index (χ3n) is 3.85. The molecule has 20 heavy (non-hydrogen) atoms. The van der Waals surface area contributed by atoms with Crippen molar-refractivity contribution in [3.05, 3.63) is 6.07 Å². The summed E-state index contributed by atoms with van der Waals surface area (Å²) < 4.78 is 10.2. The number of carboxylic acids is 1. The summed E-state index contributed by atoms with van der Waals surface area (Å²) in [5.41, 5.74) is -0.723. The lowest BCUT2D eigenvalue weighted by Gasteiger charge is -2.23. The van der Waals surface area contributed by atoms with Crippen LogP contribution in [0.2, 0.25) is 0 Å². The number of hydrogen-bond acceptors (Lipinski definition) is 6. The number of ether oxygens (including phenoxy) is 2. The molecular formula is C13H19N3O4. The van der Waals surface area contributed by atoms with Gasteiger partial charge in [-0.15, -0.1) is 0 Å². The molecule has 1 aliphatic rings. The summed E-state index contributed by atoms with van der Waals surface area (Å²) >= 11 is 0. The van der Waals surface area contributed by atoms with Crippen molar-refractivity contribution in [1.82, 2.24) is 9.97 Å². The second kappa shape index (κ2) is 5.52. The fourth-order valence-electron chi connectivity index (χ4n) is 2.40. The molecule has 1 aromatic rings. The molecule has 1 aromatic heterocycles. The smallest absolute Gasteiger partial charge is 0.311 e. The summed E-state index contributed by atoms with van der Waals surface area (Å²) in [7, 11) is 3.03. The van der Waals surface area contributed by atoms with E-state index in [1.165, 1.54) is 14.2 Å². The summed E-state index contributed by atoms with van der Waals surface area (Å²) in [6.07, 6.45) is 1.17. The first-order chi connectivity index (χ1) is 9.54. The molecule has 110 valence electrons. The maximum absolute atomic E-state index is 11.5. The molecule has 1 saturated heterocycles. The van der Waals surface area contributed by atoms with E-state index in [0.29, 0.717) is 43.6 Å². The van der Waals surface area contributed by atoms with Crippen LogP contribution < -0.4 is 14.4 Å². The van der Waals surface area contributed by atoms with Crippen molar-refractivity contribution < 1.29 is 19.4 Å². The summed E-state index contributed by atoms with van der Waals surface area (Å²) in [6.45, 7) is 2.90. The van der Waals surface area contributed by atoms with Crippen LogP contribution in [0.5, 0.6) is 11.8 Å². The van der Waals surface area contributed by atoms with Crippen molar-refractivity contribution in [2.45, 2.75) is 19.8 Å². The van der Waals surface area contributed by atoms with Crippen LogP contribution in [0, 0.1) is 5.41 Å². The molecule has 0 radical (unpaired) electrons. The Bertz CT molecular complexity index is 486. The third-order valence-corrected chi connectivity index (χ3v) is 3.85. The fourth-order valence-corrected chi connectivity index (χ4v) is 2.40. The van der Waals surface area contributed by atoms with Crippen LogP contribution in [0.15, 0.2) is 6.07 Å². The molecule has 0 bridgehead atoms. The monoisotopic (exact) mass is 281 g/mol. The van der Waals surface area contributed by atoms with Crippen molar-refractivity contribution in [3.8, 4) is 11.8 Å². The fraction of sp³-hybridized carbons (Fsp3) is 0.615. The van der Waals surface area contributed by atoms with Gasteiger partial charge in [0.05, 0.1) is 25.7 Å². The molecule has 7 nitrogen and oxygen atoms in total. The van der Waals surface area contributed by atoms with E-state index in [9.17, 15) is 9.90 Å². The van der Waals surface area contributed by atoms with Crippen molar-refractivity contribution >= 4 is 11.9 Å². The summed E-state index contributed by atoms with van der Waals surface area (Å²) in [5, 5.41) is 9.41. The maximum Gasteiger partial charge on any atom is 0.311 e. The van der Waals surface area contributed by atoms with Crippen LogP contribution >= 0.6 is 0 Å². The first-order valence-corrected chi connectivity index (χ1v) is 6.50. The van der Waals surface area contributed by atoms with E-state index in [4.69, 9.17) is 9.47 Å². The first-order valence-electron chi connectivity index (χ1n) is 6.50. The molecule has 0 saturated carbocycles. The molecule has 7 heteroatoms. The second-order valence-corrected chi connectivity index (χ2v) is 4.86. The maximum atomic E-state index is 11.5. The van der Waals surface area contributed by atoms with Gasteiger partial charge in [-0.3, -0.25) is 4.79 Å². The molecule has 2 heterocycles. The van der Waals surface area contributed by atoms with Crippen molar-refractivity contribution in [2.75, 3.05) is 32.2 Å². The van der Waals surface area contributed by atoms with Gasteiger partial charge < -0.3 is 19.5 Å². The topological polar surface area (TPSA) is 84.8 Å². The van der Waals surface area contributed by atoms with E-state index in [1.54, 1.807) is 6.07 Å². The lowest BCUT2D eigenvalue weighted by molar-refractivity contribution is -0.147. The minimum absolute atomic E-state index is 0.398. The number of nitrogens with zero attached hydrogens (tertiary/aromatic N) is 3. The zero-order chi connectivity index (χ0) is 14.8. The number of aliphatic carboxylic acids is 1. The van der Waals surface area contributed by atoms with Crippen molar-refractivity contribution in [1.29, 1.82) is 0 Å². The minimum Gasteiger partial charge on any atom is -0.481 e. The number of anilines is 1. The Morgan fingerprint density at radius 2 is 2.00 bits per heavy atom. The quantitative estimate of drug-likeness (QED) is 0.867. The van der Waals surface area contributed by atoms with Crippen LogP contribution in [-0.2, 0) is 4.79 Å². The Hall–Kier alpha value is -2.05. The summed E-state index contributed by atoms with van der Waals surface area (Å²) in [5.74, 6) is 0.475. The van der Waals surface area contributed by atoms with Gasteiger partial charge in [0.2, 0.25) is 17.7 Å². The van der Waals surface area contributed by atoms with Gasteiger partial charge in [-0.2, -0.15) is 9.97 Å². The predicted octanol–water partition coefficient (Wildman–Crippen LogP) is 1.18. The van der Waals surface area contributed by atoms with Crippen LogP contribution in [0.3, 0.4) is 0 Å². The van der Waals surface area contributed by atoms with Gasteiger partial charge in [0.1, 0.15) is 0 Å². The highest BCUT2D eigenvalue weighted by Gasteiger charge is 2.44. The molecule has 2 rings (SSSR count). The summed E-state index contributed by atoms with van der Waals surface area (Å²) in [6, 6.07) is 1.59. The van der Waals surface area contributed by atoms with E-state index < -0.39 is 11.4 Å². The average Bonchev–Trinajstić information content (AvgIpc) is 2.92. The van der Waals surface area contributed by atoms with E-state index >= 15 is 0 Å². The largest absolute Gasteiger partial charge is 0.481 e. The van der Waals surface area contributed by atoms with Gasteiger partial charge in [-0.1, -0.05) is 6.92 Å². The Labute approximate surface area is 117 Å². The van der Waals surface area contributed by atoms with Gasteiger partial charge in [0.15, 0.2) is 0 Å². The van der Waals surface area contributed by atoms with Gasteiger partial charge in [0.25, 0.3) is 0 Å². The Kier molecular flexibility index (Phi) is 3.96. The average molecular weight is 281 g/mol. The second-order valence-electron chi connectivity index (χ2n) is 4.86. The number of rotatable bonds is 5. The molecular weight excluding hydrogens is 262 g/mol. The molecule has 1 atom stereocenters. The molecule has 0 aromatic carbocycles. The van der Waals surface area contributed by atoms with E-state index in [0.717, 1.165) is 0 Å². The van der Waals surface area contributed by atoms with E-state index in [-0.39, 0.29) is 0 Å². The lowest BCUT2D eigenvalue weighted by atomic mass is 9.84. The third kappa shape index (κ3) is 2.48. The SMILES string of the molecule is CCC1(C(=O)O)CCN(c2nc(OC)cc(OC)n2)C1. The minimum atomic E-state index is -0.766. The van der Waals surface area contributed by atoms with Gasteiger partial charge in [-0.05, 0) is 12.8 Å².